The van der Waals surface area contributed by atoms with E-state index in [2.05, 4.69) is 52.0 Å². The predicted octanol–water partition coefficient (Wildman–Crippen LogP) is 7.46. The molecule has 4 aromatic carbocycles. The van der Waals surface area contributed by atoms with Gasteiger partial charge in [-0.3, -0.25) is 0 Å². The van der Waals surface area contributed by atoms with Crippen LogP contribution in [0.3, 0.4) is 0 Å². The SMILES string of the molecule is CCC(O)COc1ccc(C(C)(C)c2ccc(OCC(O)COc3ccc(C(C)(C)c4ccc(OCC(O)CC)cc4)cc3)cc2)cc1. The summed E-state index contributed by atoms with van der Waals surface area (Å²) in [6, 6.07) is 31.9. The first-order chi connectivity index (χ1) is 22.9. The van der Waals surface area contributed by atoms with E-state index in [1.807, 2.05) is 86.6 Å². The Morgan fingerprint density at radius 1 is 0.396 bits per heavy atom. The summed E-state index contributed by atoms with van der Waals surface area (Å²) in [6.45, 7) is 13.3. The van der Waals surface area contributed by atoms with Gasteiger partial charge in [0.1, 0.15) is 55.5 Å². The molecule has 0 saturated heterocycles. The van der Waals surface area contributed by atoms with Gasteiger partial charge >= 0.3 is 0 Å². The molecule has 7 nitrogen and oxygen atoms in total. The van der Waals surface area contributed by atoms with Crippen molar-refractivity contribution in [2.45, 2.75) is 83.5 Å². The van der Waals surface area contributed by atoms with E-state index < -0.39 is 18.3 Å². The monoisotopic (exact) mass is 656 g/mol. The number of hydrogen-bond acceptors (Lipinski definition) is 7. The molecule has 7 heteroatoms. The van der Waals surface area contributed by atoms with Crippen LogP contribution >= 0.6 is 0 Å². The van der Waals surface area contributed by atoms with Gasteiger partial charge in [-0.2, -0.15) is 0 Å². The Hall–Kier alpha value is -4.04. The summed E-state index contributed by atoms with van der Waals surface area (Å²) in [7, 11) is 0. The second-order valence-corrected chi connectivity index (χ2v) is 13.4. The zero-order valence-electron chi connectivity index (χ0n) is 29.2. The molecule has 0 saturated carbocycles. The third kappa shape index (κ3) is 9.99. The molecule has 4 rings (SSSR count). The molecule has 4 aromatic rings. The molecule has 0 heterocycles. The Kier molecular flexibility index (Phi) is 12.9. The number of benzene rings is 4. The lowest BCUT2D eigenvalue weighted by Crippen LogP contribution is -2.25. The van der Waals surface area contributed by atoms with Gasteiger partial charge in [0, 0.05) is 10.8 Å². The Morgan fingerprint density at radius 2 is 0.604 bits per heavy atom. The highest BCUT2D eigenvalue weighted by atomic mass is 16.5. The lowest BCUT2D eigenvalue weighted by Gasteiger charge is -2.27. The van der Waals surface area contributed by atoms with Gasteiger partial charge < -0.3 is 34.3 Å². The van der Waals surface area contributed by atoms with Crippen LogP contribution in [0.1, 0.15) is 76.6 Å². The molecule has 0 bridgehead atoms. The molecule has 0 aromatic heterocycles. The molecule has 0 aliphatic heterocycles. The fourth-order valence-electron chi connectivity index (χ4n) is 5.26. The highest BCUT2D eigenvalue weighted by Gasteiger charge is 2.24. The fourth-order valence-corrected chi connectivity index (χ4v) is 5.26. The Labute approximate surface area is 286 Å². The van der Waals surface area contributed by atoms with Gasteiger partial charge in [-0.15, -0.1) is 0 Å². The standard InChI is InChI=1S/C41H52O7/c1-7-33(42)25-45-36-17-9-29(10-18-36)40(3,4)31-13-21-38(22-14-31)47-27-35(44)28-48-39-23-15-32(16-24-39)41(5,6)30-11-19-37(20-12-30)46-26-34(43)8-2/h9-24,33-35,42-44H,7-8,25-28H2,1-6H3. The summed E-state index contributed by atoms with van der Waals surface area (Å²) in [5, 5.41) is 30.0. The van der Waals surface area contributed by atoms with Crippen LogP contribution in [0.5, 0.6) is 23.0 Å². The van der Waals surface area contributed by atoms with Gasteiger partial charge in [-0.25, -0.2) is 0 Å². The fraction of sp³-hybridized carbons (Fsp3) is 0.415. The van der Waals surface area contributed by atoms with Crippen LogP contribution in [0.15, 0.2) is 97.1 Å². The topological polar surface area (TPSA) is 97.6 Å². The highest BCUT2D eigenvalue weighted by molar-refractivity contribution is 5.43. The molecule has 0 radical (unpaired) electrons. The number of ether oxygens (including phenoxy) is 4. The van der Waals surface area contributed by atoms with Crippen LogP contribution in [-0.2, 0) is 10.8 Å². The van der Waals surface area contributed by atoms with Crippen molar-refractivity contribution in [1.29, 1.82) is 0 Å². The van der Waals surface area contributed by atoms with E-state index in [0.717, 1.165) is 33.8 Å². The first-order valence-electron chi connectivity index (χ1n) is 16.9. The molecular formula is C41H52O7. The minimum atomic E-state index is -0.796. The maximum absolute atomic E-state index is 10.5. The van der Waals surface area contributed by atoms with E-state index in [1.165, 1.54) is 0 Å². The van der Waals surface area contributed by atoms with E-state index in [1.54, 1.807) is 0 Å². The molecule has 48 heavy (non-hydrogen) atoms. The van der Waals surface area contributed by atoms with E-state index in [9.17, 15) is 15.3 Å². The van der Waals surface area contributed by atoms with Crippen LogP contribution in [0.2, 0.25) is 0 Å². The molecule has 3 N–H and O–H groups in total. The largest absolute Gasteiger partial charge is 0.491 e. The van der Waals surface area contributed by atoms with Gasteiger partial charge in [0.05, 0.1) is 12.2 Å². The van der Waals surface area contributed by atoms with Crippen molar-refractivity contribution in [1.82, 2.24) is 0 Å². The van der Waals surface area contributed by atoms with Crippen LogP contribution in [0.25, 0.3) is 0 Å². The van der Waals surface area contributed by atoms with E-state index >= 15 is 0 Å². The highest BCUT2D eigenvalue weighted by Crippen LogP contribution is 2.35. The smallest absolute Gasteiger partial charge is 0.122 e. The lowest BCUT2D eigenvalue weighted by atomic mass is 9.78. The van der Waals surface area contributed by atoms with E-state index in [-0.39, 0.29) is 37.3 Å². The molecule has 0 aliphatic rings. The van der Waals surface area contributed by atoms with Gasteiger partial charge in [0.2, 0.25) is 0 Å². The molecular weight excluding hydrogens is 604 g/mol. The summed E-state index contributed by atoms with van der Waals surface area (Å²) in [4.78, 5) is 0. The van der Waals surface area contributed by atoms with Crippen LogP contribution in [0, 0.1) is 0 Å². The zero-order valence-corrected chi connectivity index (χ0v) is 29.2. The van der Waals surface area contributed by atoms with Gasteiger partial charge in [0.15, 0.2) is 0 Å². The van der Waals surface area contributed by atoms with Gasteiger partial charge in [-0.05, 0) is 83.6 Å². The molecule has 0 aliphatic carbocycles. The van der Waals surface area contributed by atoms with Gasteiger partial charge in [-0.1, -0.05) is 90.1 Å². The Bertz CT molecular complexity index is 1390. The third-order valence-electron chi connectivity index (χ3n) is 9.02. The van der Waals surface area contributed by atoms with Crippen molar-refractivity contribution in [3.8, 4) is 23.0 Å². The molecule has 258 valence electrons. The molecule has 0 fully saturated rings. The average molecular weight is 657 g/mol. The van der Waals surface area contributed by atoms with Crippen molar-refractivity contribution < 1.29 is 34.3 Å². The quantitative estimate of drug-likeness (QED) is 0.102. The van der Waals surface area contributed by atoms with Crippen LogP contribution in [0.4, 0.5) is 0 Å². The summed E-state index contributed by atoms with van der Waals surface area (Å²) in [6.07, 6.45) is -0.398. The van der Waals surface area contributed by atoms with Crippen molar-refractivity contribution in [3.63, 3.8) is 0 Å². The maximum atomic E-state index is 10.5. The molecule has 0 amide bonds. The van der Waals surface area contributed by atoms with Gasteiger partial charge in [0.25, 0.3) is 0 Å². The maximum Gasteiger partial charge on any atom is 0.122 e. The van der Waals surface area contributed by atoms with Crippen LogP contribution < -0.4 is 18.9 Å². The van der Waals surface area contributed by atoms with Crippen molar-refractivity contribution in [3.05, 3.63) is 119 Å². The Morgan fingerprint density at radius 3 is 0.812 bits per heavy atom. The number of rotatable bonds is 18. The van der Waals surface area contributed by atoms with E-state index in [4.69, 9.17) is 18.9 Å². The molecule has 0 spiro atoms. The summed E-state index contributed by atoms with van der Waals surface area (Å²) < 4.78 is 23.1. The second-order valence-electron chi connectivity index (χ2n) is 13.4. The third-order valence-corrected chi connectivity index (χ3v) is 9.02. The first-order valence-corrected chi connectivity index (χ1v) is 16.9. The minimum absolute atomic E-state index is 0.110. The van der Waals surface area contributed by atoms with E-state index in [0.29, 0.717) is 24.3 Å². The second kappa shape index (κ2) is 16.9. The van der Waals surface area contributed by atoms with Crippen LogP contribution in [-0.4, -0.2) is 60.1 Å². The Balaban J connectivity index is 1.24. The predicted molar refractivity (Wildman–Crippen MR) is 191 cm³/mol. The number of hydrogen-bond donors (Lipinski definition) is 3. The summed E-state index contributed by atoms with van der Waals surface area (Å²) >= 11 is 0. The molecule has 2 atom stereocenters. The lowest BCUT2D eigenvalue weighted by molar-refractivity contribution is 0.0626. The normalized spacial score (nSPS) is 13.8. The molecule has 2 unspecified atom stereocenters. The summed E-state index contributed by atoms with van der Waals surface area (Å²) in [5.41, 5.74) is 4.08. The summed E-state index contributed by atoms with van der Waals surface area (Å²) in [5.74, 6) is 2.83. The van der Waals surface area contributed by atoms with Crippen molar-refractivity contribution in [2.24, 2.45) is 0 Å². The minimum Gasteiger partial charge on any atom is -0.491 e. The zero-order chi connectivity index (χ0) is 34.7. The average Bonchev–Trinajstić information content (AvgIpc) is 3.11. The van der Waals surface area contributed by atoms with Crippen molar-refractivity contribution in [2.75, 3.05) is 26.4 Å². The van der Waals surface area contributed by atoms with Crippen molar-refractivity contribution >= 4 is 0 Å². The first kappa shape index (κ1) is 36.8. The number of aliphatic hydroxyl groups excluding tert-OH is 3. The number of aliphatic hydroxyl groups is 3.